The van der Waals surface area contributed by atoms with Crippen molar-refractivity contribution in [3.63, 3.8) is 0 Å². The van der Waals surface area contributed by atoms with E-state index >= 15 is 0 Å². The van der Waals surface area contributed by atoms with Crippen LogP contribution >= 0.6 is 15.9 Å². The maximum Gasteiger partial charge on any atom is 0.267 e. The van der Waals surface area contributed by atoms with Crippen molar-refractivity contribution in [3.8, 4) is 17.6 Å². The average molecular weight is 469 g/mol. The lowest BCUT2D eigenvalue weighted by molar-refractivity contribution is -0.112. The fourth-order valence-electron chi connectivity index (χ4n) is 3.40. The topological polar surface area (TPSA) is 77.8 Å². The van der Waals surface area contributed by atoms with Crippen LogP contribution in [0.3, 0.4) is 0 Å². The molecule has 30 heavy (non-hydrogen) atoms. The Morgan fingerprint density at radius 2 is 1.83 bits per heavy atom. The summed E-state index contributed by atoms with van der Waals surface area (Å²) in [6, 6.07) is 15.3. The van der Waals surface area contributed by atoms with Crippen LogP contribution in [-0.2, 0) is 11.3 Å². The van der Waals surface area contributed by atoms with Gasteiger partial charge in [-0.3, -0.25) is 9.69 Å². The molecular weight excluding hydrogens is 448 g/mol. The van der Waals surface area contributed by atoms with Crippen LogP contribution < -0.4 is 14.8 Å². The number of ether oxygens (including phenoxy) is 2. The number of fused-ring (bicyclic) bond motifs is 1. The fourth-order valence-corrected chi connectivity index (χ4v) is 3.66. The van der Waals surface area contributed by atoms with Gasteiger partial charge in [0.2, 0.25) is 6.79 Å². The highest BCUT2D eigenvalue weighted by molar-refractivity contribution is 9.10. The monoisotopic (exact) mass is 468 g/mol. The molecule has 2 aliphatic heterocycles. The third kappa shape index (κ3) is 4.93. The Balaban J connectivity index is 1.31. The molecule has 0 unspecified atom stereocenters. The molecule has 0 aromatic heterocycles. The van der Waals surface area contributed by atoms with E-state index in [0.29, 0.717) is 5.69 Å². The van der Waals surface area contributed by atoms with Crippen LogP contribution in [0, 0.1) is 11.3 Å². The molecule has 1 fully saturated rings. The average Bonchev–Trinajstić information content (AvgIpc) is 3.22. The molecule has 0 saturated carbocycles. The number of benzene rings is 2. The van der Waals surface area contributed by atoms with Crippen molar-refractivity contribution in [1.29, 1.82) is 5.26 Å². The lowest BCUT2D eigenvalue weighted by Crippen LogP contribution is -2.43. The molecule has 1 N–H and O–H groups in total. The number of carbonyl (C=O) groups excluding carboxylic acids is 1. The van der Waals surface area contributed by atoms with Crippen LogP contribution in [0.2, 0.25) is 0 Å². The van der Waals surface area contributed by atoms with Gasteiger partial charge in [0, 0.05) is 49.1 Å². The van der Waals surface area contributed by atoms with Crippen LogP contribution in [0.5, 0.6) is 11.5 Å². The predicted molar refractivity (Wildman–Crippen MR) is 116 cm³/mol. The number of piperazine rings is 1. The van der Waals surface area contributed by atoms with Gasteiger partial charge in [-0.25, -0.2) is 0 Å². The number of halogens is 1. The molecule has 0 aliphatic carbocycles. The van der Waals surface area contributed by atoms with Gasteiger partial charge < -0.3 is 19.7 Å². The highest BCUT2D eigenvalue weighted by atomic mass is 79.9. The van der Waals surface area contributed by atoms with E-state index in [9.17, 15) is 10.1 Å². The molecule has 0 bridgehead atoms. The minimum atomic E-state index is -0.400. The first-order valence-electron chi connectivity index (χ1n) is 9.64. The van der Waals surface area contributed by atoms with Crippen LogP contribution in [0.15, 0.2) is 58.7 Å². The van der Waals surface area contributed by atoms with Crippen molar-refractivity contribution < 1.29 is 14.3 Å². The molecular formula is C22H21BrN4O3. The van der Waals surface area contributed by atoms with E-state index < -0.39 is 5.91 Å². The van der Waals surface area contributed by atoms with Crippen molar-refractivity contribution in [1.82, 2.24) is 9.80 Å². The zero-order valence-electron chi connectivity index (χ0n) is 16.3. The van der Waals surface area contributed by atoms with Crippen LogP contribution in [0.25, 0.3) is 0 Å². The first-order chi connectivity index (χ1) is 14.6. The molecule has 2 aromatic carbocycles. The van der Waals surface area contributed by atoms with Gasteiger partial charge in [-0.15, -0.1) is 0 Å². The molecule has 154 valence electrons. The SMILES string of the molecule is N#C/C(=C/N1CCN(Cc2ccc3c(c2)OCO3)CC1)C(=O)Nc1ccc(Br)cc1. The molecule has 2 aliphatic rings. The third-order valence-corrected chi connectivity index (χ3v) is 5.56. The molecule has 8 heteroatoms. The maximum atomic E-state index is 12.4. The van der Waals surface area contributed by atoms with Crippen molar-refractivity contribution in [2.24, 2.45) is 0 Å². The number of hydrogen-bond donors (Lipinski definition) is 1. The van der Waals surface area contributed by atoms with Gasteiger partial charge in [-0.2, -0.15) is 5.26 Å². The first kappa shape index (κ1) is 20.3. The number of rotatable bonds is 5. The van der Waals surface area contributed by atoms with E-state index in [0.717, 1.165) is 48.7 Å². The van der Waals surface area contributed by atoms with Crippen molar-refractivity contribution in [2.75, 3.05) is 38.3 Å². The number of nitrogens with one attached hydrogen (secondary N) is 1. The molecule has 7 nitrogen and oxygen atoms in total. The van der Waals surface area contributed by atoms with E-state index in [1.165, 1.54) is 5.56 Å². The molecule has 1 amide bonds. The zero-order valence-corrected chi connectivity index (χ0v) is 17.9. The molecule has 4 rings (SSSR count). The molecule has 0 radical (unpaired) electrons. The van der Waals surface area contributed by atoms with Crippen molar-refractivity contribution in [3.05, 3.63) is 64.3 Å². The highest BCUT2D eigenvalue weighted by Gasteiger charge is 2.19. The second kappa shape index (κ2) is 9.20. The Bertz CT molecular complexity index is 992. The smallest absolute Gasteiger partial charge is 0.267 e. The minimum Gasteiger partial charge on any atom is -0.454 e. The van der Waals surface area contributed by atoms with E-state index in [-0.39, 0.29) is 12.4 Å². The number of anilines is 1. The molecule has 1 saturated heterocycles. The number of hydrogen-bond acceptors (Lipinski definition) is 6. The van der Waals surface area contributed by atoms with E-state index in [4.69, 9.17) is 9.47 Å². The summed E-state index contributed by atoms with van der Waals surface area (Å²) in [6.07, 6.45) is 1.66. The quantitative estimate of drug-likeness (QED) is 0.535. The molecule has 2 heterocycles. The highest BCUT2D eigenvalue weighted by Crippen LogP contribution is 2.32. The van der Waals surface area contributed by atoms with Crippen molar-refractivity contribution in [2.45, 2.75) is 6.54 Å². The van der Waals surface area contributed by atoms with Gasteiger partial charge in [0.1, 0.15) is 11.6 Å². The summed E-state index contributed by atoms with van der Waals surface area (Å²) >= 11 is 3.36. The predicted octanol–water partition coefficient (Wildman–Crippen LogP) is 3.34. The Hall–Kier alpha value is -3.02. The Labute approximate surface area is 183 Å². The minimum absolute atomic E-state index is 0.0992. The van der Waals surface area contributed by atoms with Gasteiger partial charge in [-0.1, -0.05) is 22.0 Å². The summed E-state index contributed by atoms with van der Waals surface area (Å²) in [5, 5.41) is 12.2. The van der Waals surface area contributed by atoms with Gasteiger partial charge in [0.05, 0.1) is 0 Å². The van der Waals surface area contributed by atoms with Crippen LogP contribution in [0.1, 0.15) is 5.56 Å². The van der Waals surface area contributed by atoms with Gasteiger partial charge in [-0.05, 0) is 42.0 Å². The molecule has 0 spiro atoms. The van der Waals surface area contributed by atoms with Crippen molar-refractivity contribution >= 4 is 27.5 Å². The van der Waals surface area contributed by atoms with E-state index in [1.807, 2.05) is 35.2 Å². The standard InChI is InChI=1S/C22H21BrN4O3/c23-18-2-4-19(5-3-18)25-22(28)17(12-24)14-27-9-7-26(8-10-27)13-16-1-6-20-21(11-16)30-15-29-20/h1-6,11,14H,7-10,13,15H2,(H,25,28)/b17-14-. The maximum absolute atomic E-state index is 12.4. The summed E-state index contributed by atoms with van der Waals surface area (Å²) in [5.74, 6) is 1.19. The number of carbonyl (C=O) groups is 1. The van der Waals surface area contributed by atoms with E-state index in [1.54, 1.807) is 18.3 Å². The lowest BCUT2D eigenvalue weighted by Gasteiger charge is -2.34. The summed E-state index contributed by atoms with van der Waals surface area (Å²) < 4.78 is 11.7. The number of nitrogens with zero attached hydrogens (tertiary/aromatic N) is 3. The number of amides is 1. The lowest BCUT2D eigenvalue weighted by atomic mass is 10.1. The van der Waals surface area contributed by atoms with Gasteiger partial charge >= 0.3 is 0 Å². The molecule has 0 atom stereocenters. The summed E-state index contributed by atoms with van der Waals surface area (Å²) in [6.45, 7) is 4.29. The van der Waals surface area contributed by atoms with Crippen LogP contribution in [0.4, 0.5) is 5.69 Å². The summed E-state index contributed by atoms with van der Waals surface area (Å²) in [4.78, 5) is 16.8. The Kier molecular flexibility index (Phi) is 6.21. The third-order valence-electron chi connectivity index (χ3n) is 5.03. The summed E-state index contributed by atoms with van der Waals surface area (Å²) in [5.41, 5.74) is 1.93. The first-order valence-corrected chi connectivity index (χ1v) is 10.4. The largest absolute Gasteiger partial charge is 0.454 e. The fraction of sp³-hybridized carbons (Fsp3) is 0.273. The normalized spacial score (nSPS) is 16.3. The number of nitriles is 1. The van der Waals surface area contributed by atoms with Gasteiger partial charge in [0.15, 0.2) is 11.5 Å². The van der Waals surface area contributed by atoms with Crippen LogP contribution in [-0.4, -0.2) is 48.7 Å². The van der Waals surface area contributed by atoms with Gasteiger partial charge in [0.25, 0.3) is 5.91 Å². The van der Waals surface area contributed by atoms with E-state index in [2.05, 4.69) is 32.2 Å². The molecule has 2 aromatic rings. The Morgan fingerprint density at radius 1 is 1.10 bits per heavy atom. The summed E-state index contributed by atoms with van der Waals surface area (Å²) in [7, 11) is 0. The zero-order chi connectivity index (χ0) is 20.9. The second-order valence-electron chi connectivity index (χ2n) is 7.12. The second-order valence-corrected chi connectivity index (χ2v) is 8.03. The Morgan fingerprint density at radius 3 is 2.57 bits per heavy atom.